The van der Waals surface area contributed by atoms with Gasteiger partial charge in [-0.25, -0.2) is 0 Å². The standard InChI is InChI=1S/C17H22ClF3N2O/c1-11-3-6-13(7-4-11)23(2)10-16(24)22-15-8-5-12(18)9-14(15)17(19,20)21/h5,8-9,11,13H,3-4,6-7,10H2,1-2H3,(H,22,24). The number of benzene rings is 1. The number of anilines is 1. The van der Waals surface area contributed by atoms with Crippen molar-refractivity contribution in [3.8, 4) is 0 Å². The third kappa shape index (κ3) is 5.11. The molecule has 0 spiro atoms. The zero-order valence-electron chi connectivity index (χ0n) is 13.8. The average molecular weight is 363 g/mol. The normalized spacial score (nSPS) is 21.8. The topological polar surface area (TPSA) is 32.3 Å². The second kappa shape index (κ2) is 7.74. The van der Waals surface area contributed by atoms with E-state index >= 15 is 0 Å². The monoisotopic (exact) mass is 362 g/mol. The lowest BCUT2D eigenvalue weighted by atomic mass is 9.87. The Balaban J connectivity index is 2.00. The predicted octanol–water partition coefficient (Wildman–Crippen LogP) is 4.81. The SMILES string of the molecule is CC1CCC(N(C)CC(=O)Nc2ccc(Cl)cc2C(F)(F)F)CC1. The van der Waals surface area contributed by atoms with Crippen LogP contribution in [-0.2, 0) is 11.0 Å². The molecule has 0 atom stereocenters. The highest BCUT2D eigenvalue weighted by molar-refractivity contribution is 6.30. The lowest BCUT2D eigenvalue weighted by molar-refractivity contribution is -0.137. The second-order valence-electron chi connectivity index (χ2n) is 6.56. The molecular weight excluding hydrogens is 341 g/mol. The van der Waals surface area contributed by atoms with Gasteiger partial charge in [-0.15, -0.1) is 0 Å². The van der Waals surface area contributed by atoms with Gasteiger partial charge >= 0.3 is 6.18 Å². The minimum absolute atomic E-state index is 0.0197. The first-order chi connectivity index (χ1) is 11.2. The van der Waals surface area contributed by atoms with Crippen LogP contribution in [0.25, 0.3) is 0 Å². The van der Waals surface area contributed by atoms with Crippen LogP contribution < -0.4 is 5.32 Å². The molecule has 3 nitrogen and oxygen atoms in total. The third-order valence-electron chi connectivity index (χ3n) is 4.56. The van der Waals surface area contributed by atoms with E-state index in [-0.39, 0.29) is 17.3 Å². The number of amides is 1. The van der Waals surface area contributed by atoms with E-state index in [9.17, 15) is 18.0 Å². The van der Waals surface area contributed by atoms with E-state index in [2.05, 4.69) is 12.2 Å². The molecule has 0 aromatic heterocycles. The Morgan fingerprint density at radius 3 is 2.50 bits per heavy atom. The fraction of sp³-hybridized carbons (Fsp3) is 0.588. The van der Waals surface area contributed by atoms with Crippen LogP contribution in [0, 0.1) is 5.92 Å². The smallest absolute Gasteiger partial charge is 0.324 e. The van der Waals surface area contributed by atoms with E-state index in [4.69, 9.17) is 11.6 Å². The van der Waals surface area contributed by atoms with E-state index in [1.807, 2.05) is 11.9 Å². The molecule has 0 unspecified atom stereocenters. The van der Waals surface area contributed by atoms with Crippen LogP contribution >= 0.6 is 11.6 Å². The molecule has 24 heavy (non-hydrogen) atoms. The summed E-state index contributed by atoms with van der Waals surface area (Å²) in [6, 6.07) is 3.65. The molecule has 1 saturated carbocycles. The first kappa shape index (κ1) is 19.1. The Morgan fingerprint density at radius 1 is 1.29 bits per heavy atom. The molecule has 0 aliphatic heterocycles. The van der Waals surface area contributed by atoms with Crippen LogP contribution in [0.2, 0.25) is 5.02 Å². The lowest BCUT2D eigenvalue weighted by Gasteiger charge is -2.33. The summed E-state index contributed by atoms with van der Waals surface area (Å²) in [5, 5.41) is 2.34. The summed E-state index contributed by atoms with van der Waals surface area (Å²) < 4.78 is 39.1. The number of hydrogen-bond donors (Lipinski definition) is 1. The van der Waals surface area contributed by atoms with Crippen LogP contribution in [-0.4, -0.2) is 30.4 Å². The minimum Gasteiger partial charge on any atom is -0.324 e. The van der Waals surface area contributed by atoms with Gasteiger partial charge < -0.3 is 5.32 Å². The summed E-state index contributed by atoms with van der Waals surface area (Å²) in [7, 11) is 1.84. The van der Waals surface area contributed by atoms with Crippen molar-refractivity contribution in [3.63, 3.8) is 0 Å². The summed E-state index contributed by atoms with van der Waals surface area (Å²) in [5.74, 6) is 0.246. The van der Waals surface area contributed by atoms with Crippen LogP contribution in [0.3, 0.4) is 0 Å². The first-order valence-electron chi connectivity index (χ1n) is 8.03. The maximum absolute atomic E-state index is 13.0. The Labute approximate surface area is 145 Å². The molecule has 0 radical (unpaired) electrons. The van der Waals surface area contributed by atoms with Gasteiger partial charge in [0.25, 0.3) is 0 Å². The number of nitrogens with zero attached hydrogens (tertiary/aromatic N) is 1. The Kier molecular flexibility index (Phi) is 6.15. The van der Waals surface area contributed by atoms with Crippen LogP contribution in [0.1, 0.15) is 38.2 Å². The molecule has 134 valence electrons. The van der Waals surface area contributed by atoms with Gasteiger partial charge in [0.15, 0.2) is 0 Å². The number of hydrogen-bond acceptors (Lipinski definition) is 2. The molecule has 2 rings (SSSR count). The molecule has 0 saturated heterocycles. The number of halogens is 4. The number of likely N-dealkylation sites (N-methyl/N-ethyl adjacent to an activating group) is 1. The highest BCUT2D eigenvalue weighted by Crippen LogP contribution is 2.36. The van der Waals surface area contributed by atoms with Gasteiger partial charge in [0, 0.05) is 11.1 Å². The number of rotatable bonds is 4. The Hall–Kier alpha value is -1.27. The van der Waals surface area contributed by atoms with Crippen molar-refractivity contribution >= 4 is 23.2 Å². The van der Waals surface area contributed by atoms with E-state index in [1.165, 1.54) is 12.1 Å². The van der Waals surface area contributed by atoms with Crippen LogP contribution in [0.15, 0.2) is 18.2 Å². The van der Waals surface area contributed by atoms with E-state index in [0.29, 0.717) is 12.0 Å². The zero-order chi connectivity index (χ0) is 17.9. The lowest BCUT2D eigenvalue weighted by Crippen LogP contribution is -2.40. The quantitative estimate of drug-likeness (QED) is 0.833. The van der Waals surface area contributed by atoms with Gasteiger partial charge in [-0.1, -0.05) is 18.5 Å². The molecule has 1 aliphatic rings. The molecule has 1 aromatic rings. The van der Waals surface area contributed by atoms with Crippen molar-refractivity contribution in [2.24, 2.45) is 5.92 Å². The summed E-state index contributed by atoms with van der Waals surface area (Å²) in [5.41, 5.74) is -1.19. The van der Waals surface area contributed by atoms with E-state index in [1.54, 1.807) is 0 Å². The molecule has 1 amide bonds. The summed E-state index contributed by atoms with van der Waals surface area (Å²) in [6.07, 6.45) is -0.309. The van der Waals surface area contributed by atoms with Crippen molar-refractivity contribution in [1.29, 1.82) is 0 Å². The molecule has 1 aliphatic carbocycles. The number of nitrogens with one attached hydrogen (secondary N) is 1. The minimum atomic E-state index is -4.57. The second-order valence-corrected chi connectivity index (χ2v) is 7.00. The number of carbonyl (C=O) groups is 1. The Morgan fingerprint density at radius 2 is 1.92 bits per heavy atom. The highest BCUT2D eigenvalue weighted by atomic mass is 35.5. The van der Waals surface area contributed by atoms with Gasteiger partial charge in [0.2, 0.25) is 5.91 Å². The maximum Gasteiger partial charge on any atom is 0.418 e. The van der Waals surface area contributed by atoms with Crippen molar-refractivity contribution in [1.82, 2.24) is 4.90 Å². The van der Waals surface area contributed by atoms with Gasteiger partial charge in [0.1, 0.15) is 0 Å². The summed E-state index contributed by atoms with van der Waals surface area (Å²) >= 11 is 5.64. The molecule has 1 fully saturated rings. The maximum atomic E-state index is 13.0. The molecule has 1 aromatic carbocycles. The molecule has 0 heterocycles. The van der Waals surface area contributed by atoms with Crippen molar-refractivity contribution in [3.05, 3.63) is 28.8 Å². The fourth-order valence-corrected chi connectivity index (χ4v) is 3.26. The van der Waals surface area contributed by atoms with Gasteiger partial charge in [0.05, 0.1) is 17.8 Å². The predicted molar refractivity (Wildman–Crippen MR) is 89.1 cm³/mol. The Bertz CT molecular complexity index is 584. The van der Waals surface area contributed by atoms with Crippen molar-refractivity contribution < 1.29 is 18.0 Å². The van der Waals surface area contributed by atoms with Gasteiger partial charge in [-0.2, -0.15) is 13.2 Å². The van der Waals surface area contributed by atoms with Crippen molar-refractivity contribution in [2.75, 3.05) is 18.9 Å². The summed E-state index contributed by atoms with van der Waals surface area (Å²) in [6.45, 7) is 2.28. The molecular formula is C17H22ClF3N2O. The van der Waals surface area contributed by atoms with Crippen molar-refractivity contribution in [2.45, 2.75) is 44.8 Å². The number of alkyl halides is 3. The van der Waals surface area contributed by atoms with E-state index in [0.717, 1.165) is 31.7 Å². The average Bonchev–Trinajstić information content (AvgIpc) is 2.48. The van der Waals surface area contributed by atoms with Crippen LogP contribution in [0.4, 0.5) is 18.9 Å². The first-order valence-corrected chi connectivity index (χ1v) is 8.41. The molecule has 7 heteroatoms. The molecule has 1 N–H and O–H groups in total. The summed E-state index contributed by atoms with van der Waals surface area (Å²) in [4.78, 5) is 14.1. The fourth-order valence-electron chi connectivity index (χ4n) is 3.09. The van der Waals surface area contributed by atoms with Gasteiger partial charge in [-0.05, 0) is 56.8 Å². The van der Waals surface area contributed by atoms with Crippen LogP contribution in [0.5, 0.6) is 0 Å². The molecule has 0 bridgehead atoms. The van der Waals surface area contributed by atoms with Gasteiger partial charge in [-0.3, -0.25) is 9.69 Å². The van der Waals surface area contributed by atoms with E-state index < -0.39 is 17.6 Å². The number of carbonyl (C=O) groups excluding carboxylic acids is 1. The zero-order valence-corrected chi connectivity index (χ0v) is 14.5. The third-order valence-corrected chi connectivity index (χ3v) is 4.80. The highest BCUT2D eigenvalue weighted by Gasteiger charge is 2.34. The largest absolute Gasteiger partial charge is 0.418 e.